The first-order valence-electron chi connectivity index (χ1n) is 22.2. The molecule has 7 heteroatoms. The van der Waals surface area contributed by atoms with Gasteiger partial charge in [-0.2, -0.15) is 5.26 Å². The fourth-order valence-electron chi connectivity index (χ4n) is 9.63. The van der Waals surface area contributed by atoms with Gasteiger partial charge < -0.3 is 9.30 Å². The van der Waals surface area contributed by atoms with Crippen LogP contribution in [0.4, 0.5) is 0 Å². The van der Waals surface area contributed by atoms with Crippen molar-refractivity contribution in [2.75, 3.05) is 0 Å². The summed E-state index contributed by atoms with van der Waals surface area (Å²) in [4.78, 5) is 4.88. The maximum Gasteiger partial charge on any atom is 0.269 e. The lowest BCUT2D eigenvalue weighted by atomic mass is 9.88. The molecule has 0 atom stereocenters. The molecule has 4 heterocycles. The predicted octanol–water partition coefficient (Wildman–Crippen LogP) is 13.9. The average Bonchev–Trinajstić information content (AvgIpc) is 4.01. The van der Waals surface area contributed by atoms with Crippen LogP contribution in [0.1, 0.15) is 31.9 Å². The van der Waals surface area contributed by atoms with Crippen LogP contribution in [0.3, 0.4) is 0 Å². The summed E-state index contributed by atoms with van der Waals surface area (Å²) in [5.41, 5.74) is 12.8. The molecule has 0 saturated carbocycles. The number of ether oxygens (including phenoxy) is 1. The summed E-state index contributed by atoms with van der Waals surface area (Å²) in [5.74, 6) is 2.29. The van der Waals surface area contributed by atoms with E-state index in [4.69, 9.17) is 9.72 Å². The van der Waals surface area contributed by atoms with Crippen molar-refractivity contribution in [1.29, 1.82) is 5.26 Å². The van der Waals surface area contributed by atoms with Gasteiger partial charge in [-0.1, -0.05) is 130 Å². The Balaban J connectivity index is 1.01. The molecule has 0 radical (unpaired) electrons. The quantitative estimate of drug-likeness (QED) is 0.119. The van der Waals surface area contributed by atoms with Crippen molar-refractivity contribution in [3.05, 3.63) is 218 Å². The van der Waals surface area contributed by atoms with Gasteiger partial charge in [0.1, 0.15) is 17.3 Å². The number of fused-ring (bicyclic) bond motifs is 7. The topological polar surface area (TPSA) is 64.6 Å². The maximum absolute atomic E-state index is 10.0. The minimum Gasteiger partial charge on any atom is -0.458 e. The number of imidazole rings is 1. The standard InChI is InChI=1S/C59H42N6O/c1-59(2,3)41-31-32-61-57(34-41)65-52-25-9-6-21-48(52)49-30-29-44(36-56(49)65)66-43-18-13-17-42(35-43)62-38-63(54-27-11-10-26-53(54)62)58-45(40-16-12-15-39(33-40)37-60)22-14-28-55(58)64-50-23-7-4-19-46(50)47-20-5-8-24-51(47)64/h4-36H,1-3H3. The van der Waals surface area contributed by atoms with E-state index in [-0.39, 0.29) is 5.41 Å². The van der Waals surface area contributed by atoms with Gasteiger partial charge in [0.15, 0.2) is 0 Å². The van der Waals surface area contributed by atoms with Crippen LogP contribution in [0.25, 0.3) is 88.7 Å². The molecule has 0 aliphatic carbocycles. The lowest BCUT2D eigenvalue weighted by molar-refractivity contribution is -0.571. The van der Waals surface area contributed by atoms with E-state index < -0.39 is 0 Å². The molecule has 8 aromatic carbocycles. The van der Waals surface area contributed by atoms with Gasteiger partial charge in [0.2, 0.25) is 0 Å². The molecule has 314 valence electrons. The van der Waals surface area contributed by atoms with Crippen molar-refractivity contribution in [1.82, 2.24) is 18.7 Å². The maximum atomic E-state index is 10.0. The van der Waals surface area contributed by atoms with Crippen molar-refractivity contribution >= 4 is 54.6 Å². The Morgan fingerprint density at radius 3 is 1.92 bits per heavy atom. The molecule has 0 bridgehead atoms. The molecular formula is C59H42N6O. The summed E-state index contributed by atoms with van der Waals surface area (Å²) in [5, 5.41) is 14.7. The summed E-state index contributed by atoms with van der Waals surface area (Å²) in [6.07, 6.45) is 5.73. The molecule has 12 rings (SSSR count). The molecule has 0 spiro atoms. The first kappa shape index (κ1) is 38.9. The van der Waals surface area contributed by atoms with Crippen molar-refractivity contribution in [3.8, 4) is 51.6 Å². The number of nitriles is 1. The Morgan fingerprint density at radius 1 is 0.561 bits per heavy atom. The molecule has 0 amide bonds. The summed E-state index contributed by atoms with van der Waals surface area (Å²) in [7, 11) is 0. The second-order valence-corrected chi connectivity index (χ2v) is 17.8. The Hall–Kier alpha value is -8.73. The molecule has 4 aromatic heterocycles. The van der Waals surface area contributed by atoms with Gasteiger partial charge in [-0.3, -0.25) is 13.7 Å². The molecular weight excluding hydrogens is 809 g/mol. The van der Waals surface area contributed by atoms with Crippen LogP contribution in [0.5, 0.6) is 11.5 Å². The van der Waals surface area contributed by atoms with E-state index in [2.05, 4.69) is 209 Å². The SMILES string of the molecule is CC(C)(C)c1ccnc(-n2c3ccccc3c3ccc(Oc4cccc(-n5[c-][n+](-c6c(-c7cccc(C#N)c7)cccc6-n6c7ccccc7c7ccccc76)c6ccccc65)c4)cc32)c1. The van der Waals surface area contributed by atoms with Crippen LogP contribution >= 0.6 is 0 Å². The molecule has 0 aliphatic heterocycles. The van der Waals surface area contributed by atoms with E-state index in [1.54, 1.807) is 0 Å². The number of pyridine rings is 1. The molecule has 0 saturated heterocycles. The lowest BCUT2D eigenvalue weighted by Gasteiger charge is -2.20. The minimum atomic E-state index is -0.0283. The number of para-hydroxylation sites is 6. The van der Waals surface area contributed by atoms with Crippen LogP contribution in [-0.4, -0.2) is 18.7 Å². The van der Waals surface area contributed by atoms with E-state index >= 15 is 0 Å². The van der Waals surface area contributed by atoms with E-state index in [9.17, 15) is 5.26 Å². The van der Waals surface area contributed by atoms with Gasteiger partial charge in [-0.25, -0.2) is 4.98 Å². The van der Waals surface area contributed by atoms with Gasteiger partial charge in [0.05, 0.1) is 61.8 Å². The number of hydrogen-bond acceptors (Lipinski definition) is 3. The second-order valence-electron chi connectivity index (χ2n) is 17.8. The summed E-state index contributed by atoms with van der Waals surface area (Å²) < 4.78 is 15.6. The molecule has 66 heavy (non-hydrogen) atoms. The Labute approximate surface area is 381 Å². The van der Waals surface area contributed by atoms with Crippen LogP contribution in [-0.2, 0) is 5.41 Å². The molecule has 0 fully saturated rings. The normalized spacial score (nSPS) is 11.8. The number of nitrogens with zero attached hydrogens (tertiary/aromatic N) is 6. The zero-order chi connectivity index (χ0) is 44.5. The molecule has 12 aromatic rings. The smallest absolute Gasteiger partial charge is 0.269 e. The number of benzene rings is 8. The Morgan fingerprint density at radius 2 is 1.20 bits per heavy atom. The van der Waals surface area contributed by atoms with Gasteiger partial charge in [0, 0.05) is 33.8 Å². The lowest BCUT2D eigenvalue weighted by Crippen LogP contribution is -2.32. The molecule has 7 nitrogen and oxygen atoms in total. The third-order valence-corrected chi connectivity index (χ3v) is 12.7. The number of rotatable bonds is 7. The average molecular weight is 851 g/mol. The molecule has 0 aliphatic rings. The summed E-state index contributed by atoms with van der Waals surface area (Å²) in [6.45, 7) is 6.68. The molecule has 0 N–H and O–H groups in total. The van der Waals surface area contributed by atoms with E-state index in [0.29, 0.717) is 11.3 Å². The summed E-state index contributed by atoms with van der Waals surface area (Å²) >= 11 is 0. The highest BCUT2D eigenvalue weighted by Gasteiger charge is 2.23. The number of aromatic nitrogens is 5. The van der Waals surface area contributed by atoms with Crippen molar-refractivity contribution < 1.29 is 9.30 Å². The third kappa shape index (κ3) is 6.34. The van der Waals surface area contributed by atoms with E-state index in [1.165, 1.54) is 16.3 Å². The highest BCUT2D eigenvalue weighted by Crippen LogP contribution is 2.39. The van der Waals surface area contributed by atoms with E-state index in [0.717, 1.165) is 83.6 Å². The van der Waals surface area contributed by atoms with Crippen LogP contribution in [0.2, 0.25) is 0 Å². The minimum absolute atomic E-state index is 0.0283. The fourth-order valence-corrected chi connectivity index (χ4v) is 9.63. The Bertz CT molecular complexity index is 3880. The van der Waals surface area contributed by atoms with Gasteiger partial charge in [-0.15, -0.1) is 0 Å². The van der Waals surface area contributed by atoms with Crippen LogP contribution in [0.15, 0.2) is 200 Å². The first-order valence-corrected chi connectivity index (χ1v) is 22.2. The first-order chi connectivity index (χ1) is 32.3. The Kier molecular flexibility index (Phi) is 8.97. The van der Waals surface area contributed by atoms with Crippen molar-refractivity contribution in [3.63, 3.8) is 0 Å². The summed E-state index contributed by atoms with van der Waals surface area (Å²) in [6, 6.07) is 69.4. The predicted molar refractivity (Wildman–Crippen MR) is 265 cm³/mol. The van der Waals surface area contributed by atoms with Crippen LogP contribution < -0.4 is 9.30 Å². The van der Waals surface area contributed by atoms with Crippen molar-refractivity contribution in [2.24, 2.45) is 0 Å². The highest BCUT2D eigenvalue weighted by molar-refractivity contribution is 6.10. The van der Waals surface area contributed by atoms with Gasteiger partial charge in [0.25, 0.3) is 6.33 Å². The largest absolute Gasteiger partial charge is 0.458 e. The zero-order valence-electron chi connectivity index (χ0n) is 36.6. The van der Waals surface area contributed by atoms with Gasteiger partial charge >= 0.3 is 0 Å². The van der Waals surface area contributed by atoms with Crippen LogP contribution in [0, 0.1) is 17.7 Å². The van der Waals surface area contributed by atoms with E-state index in [1.807, 2.05) is 42.6 Å². The second kappa shape index (κ2) is 15.2. The van der Waals surface area contributed by atoms with Gasteiger partial charge in [-0.05, 0) is 101 Å². The van der Waals surface area contributed by atoms with Crippen molar-refractivity contribution in [2.45, 2.75) is 26.2 Å². The highest BCUT2D eigenvalue weighted by atomic mass is 16.5. The molecule has 0 unspecified atom stereocenters. The monoisotopic (exact) mass is 850 g/mol. The third-order valence-electron chi connectivity index (χ3n) is 12.7. The number of hydrogen-bond donors (Lipinski definition) is 0. The zero-order valence-corrected chi connectivity index (χ0v) is 36.6. The fraction of sp³-hybridized carbons (Fsp3) is 0.0678.